The fraction of sp³-hybridized carbons (Fsp3) is 0.583. The van der Waals surface area contributed by atoms with Crippen molar-refractivity contribution >= 4 is 23.4 Å². The van der Waals surface area contributed by atoms with Gasteiger partial charge in [0.1, 0.15) is 5.52 Å². The van der Waals surface area contributed by atoms with Gasteiger partial charge in [0.05, 0.1) is 6.33 Å². The Labute approximate surface area is 109 Å². The second-order valence-corrected chi connectivity index (χ2v) is 5.27. The van der Waals surface area contributed by atoms with E-state index in [1.807, 2.05) is 0 Å². The van der Waals surface area contributed by atoms with Crippen molar-refractivity contribution in [2.45, 2.75) is 38.1 Å². The summed E-state index contributed by atoms with van der Waals surface area (Å²) in [7, 11) is 1.73. The molecule has 1 aliphatic rings. The van der Waals surface area contributed by atoms with Crippen molar-refractivity contribution in [2.24, 2.45) is 7.05 Å². The standard InChI is InChI=1S/C12H16N4OS/c1-15-11(17)9-10(14-7-13-9)16(12(15)18)8-5-3-2-4-6-8/h7-8H,2-6H2,1H3,(H,13,14). The molecule has 5 nitrogen and oxygen atoms in total. The van der Waals surface area contributed by atoms with Crippen molar-refractivity contribution in [3.63, 3.8) is 0 Å². The summed E-state index contributed by atoms with van der Waals surface area (Å²) >= 11 is 5.43. The zero-order valence-corrected chi connectivity index (χ0v) is 11.2. The zero-order chi connectivity index (χ0) is 12.7. The van der Waals surface area contributed by atoms with Crippen LogP contribution in [0.2, 0.25) is 0 Å². The molecule has 2 aromatic heterocycles. The van der Waals surface area contributed by atoms with Gasteiger partial charge in [0.2, 0.25) is 0 Å². The van der Waals surface area contributed by atoms with Gasteiger partial charge in [-0.25, -0.2) is 4.98 Å². The Hall–Kier alpha value is -1.43. The number of H-pyrrole nitrogens is 1. The number of hydrogen-bond acceptors (Lipinski definition) is 3. The normalized spacial score (nSPS) is 17.4. The van der Waals surface area contributed by atoms with Gasteiger partial charge in [0.15, 0.2) is 10.4 Å². The van der Waals surface area contributed by atoms with Crippen LogP contribution in [0.1, 0.15) is 38.1 Å². The van der Waals surface area contributed by atoms with Crippen LogP contribution in [0.5, 0.6) is 0 Å². The van der Waals surface area contributed by atoms with Gasteiger partial charge >= 0.3 is 0 Å². The van der Waals surface area contributed by atoms with Gasteiger partial charge in [0, 0.05) is 13.1 Å². The predicted octanol–water partition coefficient (Wildman–Crippen LogP) is 2.30. The molecule has 1 saturated carbocycles. The molecule has 1 fully saturated rings. The minimum atomic E-state index is -0.0976. The largest absolute Gasteiger partial charge is 0.339 e. The monoisotopic (exact) mass is 264 g/mol. The van der Waals surface area contributed by atoms with E-state index in [9.17, 15) is 4.79 Å². The lowest BCUT2D eigenvalue weighted by Crippen LogP contribution is -2.26. The number of nitrogens with one attached hydrogen (secondary N) is 1. The van der Waals surface area contributed by atoms with Crippen molar-refractivity contribution in [1.29, 1.82) is 0 Å². The molecule has 0 bridgehead atoms. The molecule has 0 spiro atoms. The third kappa shape index (κ3) is 1.63. The van der Waals surface area contributed by atoms with Gasteiger partial charge in [0.25, 0.3) is 5.56 Å². The highest BCUT2D eigenvalue weighted by molar-refractivity contribution is 7.71. The van der Waals surface area contributed by atoms with Crippen LogP contribution in [-0.2, 0) is 7.05 Å². The van der Waals surface area contributed by atoms with Crippen molar-refractivity contribution in [3.8, 4) is 0 Å². The number of nitrogens with zero attached hydrogens (tertiary/aromatic N) is 3. The fourth-order valence-electron chi connectivity index (χ4n) is 2.80. The van der Waals surface area contributed by atoms with E-state index in [1.165, 1.54) is 23.8 Å². The maximum atomic E-state index is 12.1. The summed E-state index contributed by atoms with van der Waals surface area (Å²) in [6, 6.07) is 0.379. The van der Waals surface area contributed by atoms with Gasteiger partial charge < -0.3 is 4.98 Å². The average Bonchev–Trinajstić information content (AvgIpc) is 2.87. The Balaban J connectivity index is 2.30. The third-order valence-electron chi connectivity index (χ3n) is 3.80. The molecular formula is C12H16N4OS. The average molecular weight is 264 g/mol. The molecule has 0 aromatic carbocycles. The fourth-order valence-corrected chi connectivity index (χ4v) is 3.12. The molecule has 96 valence electrons. The Kier molecular flexibility index (Phi) is 2.81. The lowest BCUT2D eigenvalue weighted by molar-refractivity contribution is 0.349. The van der Waals surface area contributed by atoms with Crippen LogP contribution < -0.4 is 5.56 Å². The van der Waals surface area contributed by atoms with Crippen molar-refractivity contribution in [3.05, 3.63) is 21.5 Å². The van der Waals surface area contributed by atoms with Crippen molar-refractivity contribution in [1.82, 2.24) is 19.1 Å². The number of hydrogen-bond donors (Lipinski definition) is 1. The van der Waals surface area contributed by atoms with Crippen LogP contribution >= 0.6 is 12.2 Å². The second-order valence-electron chi connectivity index (χ2n) is 4.91. The van der Waals surface area contributed by atoms with Crippen LogP contribution in [0, 0.1) is 4.77 Å². The SMILES string of the molecule is Cn1c(=O)c2[nH]cnc2n(C2CCCCC2)c1=S. The summed E-state index contributed by atoms with van der Waals surface area (Å²) in [6.07, 6.45) is 7.55. The summed E-state index contributed by atoms with van der Waals surface area (Å²) in [4.78, 5) is 19.3. The first-order chi connectivity index (χ1) is 8.70. The third-order valence-corrected chi connectivity index (χ3v) is 4.27. The summed E-state index contributed by atoms with van der Waals surface area (Å²) in [6.45, 7) is 0. The number of rotatable bonds is 1. The molecule has 0 aliphatic heterocycles. The van der Waals surface area contributed by atoms with Crippen molar-refractivity contribution < 1.29 is 0 Å². The minimum absolute atomic E-state index is 0.0976. The zero-order valence-electron chi connectivity index (χ0n) is 10.3. The Bertz CT molecular complexity index is 690. The van der Waals surface area contributed by atoms with E-state index >= 15 is 0 Å². The highest BCUT2D eigenvalue weighted by atomic mass is 32.1. The van der Waals surface area contributed by atoms with Gasteiger partial charge in [-0.1, -0.05) is 19.3 Å². The van der Waals surface area contributed by atoms with Gasteiger partial charge in [-0.15, -0.1) is 0 Å². The maximum absolute atomic E-state index is 12.1. The summed E-state index contributed by atoms with van der Waals surface area (Å²) in [5, 5.41) is 0. The molecule has 2 heterocycles. The van der Waals surface area contributed by atoms with E-state index in [2.05, 4.69) is 14.5 Å². The second kappa shape index (κ2) is 4.35. The number of fused-ring (bicyclic) bond motifs is 1. The Morgan fingerprint density at radius 3 is 2.83 bits per heavy atom. The van der Waals surface area contributed by atoms with Crippen molar-refractivity contribution in [2.75, 3.05) is 0 Å². The van der Waals surface area contributed by atoms with Gasteiger partial charge in [-0.05, 0) is 25.1 Å². The van der Waals surface area contributed by atoms with Gasteiger partial charge in [-0.3, -0.25) is 13.9 Å². The minimum Gasteiger partial charge on any atom is -0.339 e. The Morgan fingerprint density at radius 2 is 2.11 bits per heavy atom. The molecule has 6 heteroatoms. The molecule has 3 rings (SSSR count). The molecule has 2 aromatic rings. The Morgan fingerprint density at radius 1 is 1.39 bits per heavy atom. The van der Waals surface area contributed by atoms with E-state index in [1.54, 1.807) is 13.4 Å². The lowest BCUT2D eigenvalue weighted by Gasteiger charge is -2.25. The van der Waals surface area contributed by atoms with Crippen LogP contribution in [0.25, 0.3) is 11.2 Å². The van der Waals surface area contributed by atoms with Crippen LogP contribution in [0.3, 0.4) is 0 Å². The first-order valence-electron chi connectivity index (χ1n) is 6.35. The van der Waals surface area contributed by atoms with Gasteiger partial charge in [-0.2, -0.15) is 0 Å². The van der Waals surface area contributed by atoms with Crippen LogP contribution in [0.15, 0.2) is 11.1 Å². The summed E-state index contributed by atoms with van der Waals surface area (Å²) < 4.78 is 4.16. The number of aromatic amines is 1. The lowest BCUT2D eigenvalue weighted by atomic mass is 9.95. The molecule has 18 heavy (non-hydrogen) atoms. The van der Waals surface area contributed by atoms with Crippen LogP contribution in [-0.4, -0.2) is 19.1 Å². The van der Waals surface area contributed by atoms with E-state index in [-0.39, 0.29) is 5.56 Å². The highest BCUT2D eigenvalue weighted by Crippen LogP contribution is 2.29. The highest BCUT2D eigenvalue weighted by Gasteiger charge is 2.20. The van der Waals surface area contributed by atoms with E-state index < -0.39 is 0 Å². The predicted molar refractivity (Wildman–Crippen MR) is 72.3 cm³/mol. The maximum Gasteiger partial charge on any atom is 0.280 e. The molecule has 0 radical (unpaired) electrons. The molecule has 0 unspecified atom stereocenters. The molecule has 0 amide bonds. The summed E-state index contributed by atoms with van der Waals surface area (Å²) in [5.74, 6) is 0. The molecule has 1 N–H and O–H groups in total. The first-order valence-corrected chi connectivity index (χ1v) is 6.75. The molecular weight excluding hydrogens is 248 g/mol. The number of aromatic nitrogens is 4. The smallest absolute Gasteiger partial charge is 0.280 e. The van der Waals surface area contributed by atoms with E-state index in [0.717, 1.165) is 12.8 Å². The topological polar surface area (TPSA) is 55.6 Å². The molecule has 0 saturated heterocycles. The van der Waals surface area contributed by atoms with E-state index in [0.29, 0.717) is 22.0 Å². The number of imidazole rings is 1. The molecule has 0 atom stereocenters. The molecule has 1 aliphatic carbocycles. The summed E-state index contributed by atoms with van der Waals surface area (Å²) in [5.41, 5.74) is 1.16. The van der Waals surface area contributed by atoms with E-state index in [4.69, 9.17) is 12.2 Å². The first kappa shape index (κ1) is 11.6. The van der Waals surface area contributed by atoms with Crippen LogP contribution in [0.4, 0.5) is 0 Å². The quantitative estimate of drug-likeness (QED) is 0.804.